The van der Waals surface area contributed by atoms with Crippen molar-refractivity contribution in [1.82, 2.24) is 0 Å². The Hall–Kier alpha value is -1.68. The van der Waals surface area contributed by atoms with Gasteiger partial charge in [0.05, 0.1) is 13.7 Å². The van der Waals surface area contributed by atoms with Gasteiger partial charge in [-0.25, -0.2) is 4.79 Å². The topological polar surface area (TPSA) is 48.7 Å². The van der Waals surface area contributed by atoms with Gasteiger partial charge in [-0.2, -0.15) is 0 Å². The number of ether oxygens (including phenoxy) is 2. The van der Waals surface area contributed by atoms with Crippen LogP contribution in [0.5, 0.6) is 11.5 Å². The molecule has 0 aliphatic heterocycles. The molecule has 1 aromatic heterocycles. The van der Waals surface area contributed by atoms with E-state index in [1.807, 2.05) is 6.07 Å². The summed E-state index contributed by atoms with van der Waals surface area (Å²) in [5.74, 6) is 1.79. The van der Waals surface area contributed by atoms with E-state index in [1.54, 1.807) is 13.2 Å². The number of methoxy groups -OCH3 is 1. The summed E-state index contributed by atoms with van der Waals surface area (Å²) in [4.78, 5) is 12.0. The van der Waals surface area contributed by atoms with E-state index in [1.165, 1.54) is 0 Å². The van der Waals surface area contributed by atoms with Gasteiger partial charge in [-0.3, -0.25) is 0 Å². The summed E-state index contributed by atoms with van der Waals surface area (Å²) >= 11 is 5.67. The minimum atomic E-state index is -0.229. The Labute approximate surface area is 127 Å². The van der Waals surface area contributed by atoms with E-state index in [-0.39, 0.29) is 5.63 Å². The van der Waals surface area contributed by atoms with E-state index in [2.05, 4.69) is 0 Å². The lowest BCUT2D eigenvalue weighted by atomic mass is 10.1. The van der Waals surface area contributed by atoms with Gasteiger partial charge in [-0.1, -0.05) is 0 Å². The number of rotatable bonds is 5. The van der Waals surface area contributed by atoms with E-state index in [0.29, 0.717) is 29.6 Å². The lowest BCUT2D eigenvalue weighted by molar-refractivity contribution is 0.295. The maximum Gasteiger partial charge on any atom is 0.339 e. The smallest absolute Gasteiger partial charge is 0.339 e. The van der Waals surface area contributed by atoms with Gasteiger partial charge < -0.3 is 13.9 Å². The molecule has 1 aliphatic rings. The second-order valence-electron chi connectivity index (χ2n) is 5.09. The van der Waals surface area contributed by atoms with Crippen molar-refractivity contribution in [3.63, 3.8) is 0 Å². The predicted molar refractivity (Wildman–Crippen MR) is 81.9 cm³/mol. The minimum absolute atomic E-state index is 0.229. The maximum absolute atomic E-state index is 12.0. The van der Waals surface area contributed by atoms with Crippen LogP contribution >= 0.6 is 11.6 Å². The van der Waals surface area contributed by atoms with Gasteiger partial charge in [0, 0.05) is 22.9 Å². The molecule has 1 aromatic carbocycles. The zero-order chi connectivity index (χ0) is 14.8. The fourth-order valence-corrected chi connectivity index (χ4v) is 2.91. The molecule has 0 radical (unpaired) electrons. The number of halogens is 1. The van der Waals surface area contributed by atoms with Gasteiger partial charge in [-0.15, -0.1) is 11.6 Å². The average Bonchev–Trinajstić information content (AvgIpc) is 2.98. The van der Waals surface area contributed by atoms with Crippen molar-refractivity contribution in [3.05, 3.63) is 33.7 Å². The van der Waals surface area contributed by atoms with Crippen molar-refractivity contribution in [2.75, 3.05) is 19.6 Å². The van der Waals surface area contributed by atoms with Gasteiger partial charge in [0.2, 0.25) is 0 Å². The van der Waals surface area contributed by atoms with E-state index < -0.39 is 0 Å². The van der Waals surface area contributed by atoms with E-state index in [4.69, 9.17) is 25.5 Å². The van der Waals surface area contributed by atoms with Crippen molar-refractivity contribution in [1.29, 1.82) is 0 Å². The molecule has 112 valence electrons. The van der Waals surface area contributed by atoms with Crippen LogP contribution in [0.4, 0.5) is 0 Å². The molecule has 0 bridgehead atoms. The quantitative estimate of drug-likeness (QED) is 0.483. The van der Waals surface area contributed by atoms with Crippen LogP contribution in [0, 0.1) is 0 Å². The molecule has 0 saturated heterocycles. The monoisotopic (exact) mass is 308 g/mol. The summed E-state index contributed by atoms with van der Waals surface area (Å²) < 4.78 is 16.5. The van der Waals surface area contributed by atoms with Gasteiger partial charge >= 0.3 is 5.63 Å². The van der Waals surface area contributed by atoms with Crippen LogP contribution in [-0.4, -0.2) is 19.6 Å². The molecular weight excluding hydrogens is 292 g/mol. The third-order valence-electron chi connectivity index (χ3n) is 3.79. The second-order valence-corrected chi connectivity index (χ2v) is 5.47. The number of alkyl halides is 1. The molecular formula is C16H17ClO4. The molecule has 0 N–H and O–H groups in total. The minimum Gasteiger partial charge on any atom is -0.493 e. The van der Waals surface area contributed by atoms with Crippen LogP contribution in [0.2, 0.25) is 0 Å². The molecule has 21 heavy (non-hydrogen) atoms. The number of hydrogen-bond acceptors (Lipinski definition) is 4. The first-order valence-corrected chi connectivity index (χ1v) is 7.63. The molecule has 0 amide bonds. The number of benzene rings is 1. The van der Waals surface area contributed by atoms with Crippen LogP contribution in [-0.2, 0) is 12.8 Å². The Morgan fingerprint density at radius 3 is 2.81 bits per heavy atom. The molecule has 2 aromatic rings. The van der Waals surface area contributed by atoms with Crippen LogP contribution in [0.3, 0.4) is 0 Å². The summed E-state index contributed by atoms with van der Waals surface area (Å²) in [7, 11) is 1.57. The van der Waals surface area contributed by atoms with Crippen molar-refractivity contribution >= 4 is 22.6 Å². The predicted octanol–water partition coefficient (Wildman–Crippen LogP) is 3.30. The second kappa shape index (κ2) is 5.98. The highest BCUT2D eigenvalue weighted by Gasteiger charge is 2.21. The normalized spacial score (nSPS) is 13.4. The molecule has 0 saturated carbocycles. The summed E-state index contributed by atoms with van der Waals surface area (Å²) in [5, 5.41) is 0.948. The molecule has 4 nitrogen and oxygen atoms in total. The lowest BCUT2D eigenvalue weighted by Gasteiger charge is -2.12. The SMILES string of the molecule is COc1cc2oc(=O)c3c(c2cc1OCCCCl)CCC3. The molecule has 0 atom stereocenters. The number of aryl methyl sites for hydroxylation is 1. The van der Waals surface area contributed by atoms with Crippen molar-refractivity contribution in [3.8, 4) is 11.5 Å². The zero-order valence-electron chi connectivity index (χ0n) is 11.9. The van der Waals surface area contributed by atoms with Crippen LogP contribution in [0.1, 0.15) is 24.0 Å². The first kappa shape index (κ1) is 14.3. The van der Waals surface area contributed by atoms with Crippen molar-refractivity contribution in [2.45, 2.75) is 25.7 Å². The van der Waals surface area contributed by atoms with Crippen molar-refractivity contribution in [2.24, 2.45) is 0 Å². The average molecular weight is 309 g/mol. The Balaban J connectivity index is 2.11. The van der Waals surface area contributed by atoms with Crippen molar-refractivity contribution < 1.29 is 13.9 Å². The highest BCUT2D eigenvalue weighted by Crippen LogP contribution is 2.36. The third-order valence-corrected chi connectivity index (χ3v) is 4.06. The van der Waals surface area contributed by atoms with E-state index in [0.717, 1.165) is 42.2 Å². The summed E-state index contributed by atoms with van der Waals surface area (Å²) in [6, 6.07) is 3.64. The van der Waals surface area contributed by atoms with E-state index >= 15 is 0 Å². The summed E-state index contributed by atoms with van der Waals surface area (Å²) in [6.07, 6.45) is 3.46. The molecule has 5 heteroatoms. The van der Waals surface area contributed by atoms with Crippen LogP contribution in [0.25, 0.3) is 11.0 Å². The number of hydrogen-bond donors (Lipinski definition) is 0. The largest absolute Gasteiger partial charge is 0.493 e. The number of fused-ring (bicyclic) bond motifs is 3. The third kappa shape index (κ3) is 2.60. The van der Waals surface area contributed by atoms with Gasteiger partial charge in [0.15, 0.2) is 11.5 Å². The fourth-order valence-electron chi connectivity index (χ4n) is 2.80. The summed E-state index contributed by atoms with van der Waals surface area (Å²) in [5.41, 5.74) is 2.22. The highest BCUT2D eigenvalue weighted by molar-refractivity contribution is 6.17. The van der Waals surface area contributed by atoms with Gasteiger partial charge in [-0.05, 0) is 37.3 Å². The Morgan fingerprint density at radius 2 is 2.05 bits per heavy atom. The van der Waals surface area contributed by atoms with Crippen LogP contribution < -0.4 is 15.1 Å². The lowest BCUT2D eigenvalue weighted by Crippen LogP contribution is -2.07. The molecule has 0 spiro atoms. The molecule has 0 fully saturated rings. The molecule has 1 aliphatic carbocycles. The Bertz CT molecular complexity index is 720. The first-order valence-electron chi connectivity index (χ1n) is 7.10. The van der Waals surface area contributed by atoms with Gasteiger partial charge in [0.1, 0.15) is 5.58 Å². The first-order chi connectivity index (χ1) is 10.2. The standard InChI is InChI=1S/C16H17ClO4/c1-19-14-9-13-12(8-15(14)20-7-3-6-17)10-4-2-5-11(10)16(18)21-13/h8-9H,2-7H2,1H3. The maximum atomic E-state index is 12.0. The van der Waals surface area contributed by atoms with Crippen LogP contribution in [0.15, 0.2) is 21.3 Å². The molecule has 0 unspecified atom stereocenters. The van der Waals surface area contributed by atoms with Gasteiger partial charge in [0.25, 0.3) is 0 Å². The Kier molecular flexibility index (Phi) is 4.06. The highest BCUT2D eigenvalue weighted by atomic mass is 35.5. The fraction of sp³-hybridized carbons (Fsp3) is 0.438. The Morgan fingerprint density at radius 1 is 1.24 bits per heavy atom. The zero-order valence-corrected chi connectivity index (χ0v) is 12.7. The molecule has 3 rings (SSSR count). The van der Waals surface area contributed by atoms with E-state index in [9.17, 15) is 4.79 Å². The molecule has 1 heterocycles. The summed E-state index contributed by atoms with van der Waals surface area (Å²) in [6.45, 7) is 0.532.